The highest BCUT2D eigenvalue weighted by molar-refractivity contribution is 7.16. The zero-order valence-electron chi connectivity index (χ0n) is 15.1. The molecule has 2 aromatic carbocycles. The van der Waals surface area contributed by atoms with Crippen molar-refractivity contribution in [1.29, 1.82) is 0 Å². The van der Waals surface area contributed by atoms with Gasteiger partial charge in [0.1, 0.15) is 0 Å². The molecule has 2 heterocycles. The molecule has 9 heteroatoms. The Labute approximate surface area is 168 Å². The van der Waals surface area contributed by atoms with Gasteiger partial charge in [-0.3, -0.25) is 14.9 Å². The fourth-order valence-electron chi connectivity index (χ4n) is 2.86. The molecule has 0 fully saturated rings. The molecule has 146 valence electrons. The van der Waals surface area contributed by atoms with Crippen molar-refractivity contribution in [2.75, 3.05) is 6.79 Å². The van der Waals surface area contributed by atoms with E-state index in [0.717, 1.165) is 10.2 Å². The van der Waals surface area contributed by atoms with Gasteiger partial charge in [0.2, 0.25) is 6.79 Å². The second kappa shape index (κ2) is 7.72. The molecule has 0 N–H and O–H groups in total. The first kappa shape index (κ1) is 18.6. The van der Waals surface area contributed by atoms with E-state index in [1.807, 2.05) is 16.7 Å². The molecular weight excluding hydrogens is 394 g/mol. The van der Waals surface area contributed by atoms with Gasteiger partial charge in [-0.05, 0) is 23.8 Å². The van der Waals surface area contributed by atoms with Gasteiger partial charge in [0.15, 0.2) is 16.3 Å². The van der Waals surface area contributed by atoms with Crippen LogP contribution in [0.1, 0.15) is 5.56 Å². The Bertz CT molecular complexity index is 1220. The molecule has 0 unspecified atom stereocenters. The zero-order chi connectivity index (χ0) is 20.4. The van der Waals surface area contributed by atoms with Gasteiger partial charge in [0, 0.05) is 36.9 Å². The van der Waals surface area contributed by atoms with Gasteiger partial charge < -0.3 is 14.0 Å². The maximum atomic E-state index is 12.4. The molecule has 1 aliphatic rings. The average molecular weight is 409 g/mol. The molecule has 0 bridgehead atoms. The quantitative estimate of drug-likeness (QED) is 0.277. The number of hydrogen-bond acceptors (Lipinski definition) is 6. The van der Waals surface area contributed by atoms with Crippen LogP contribution in [0.3, 0.4) is 0 Å². The fourth-order valence-corrected chi connectivity index (χ4v) is 3.91. The minimum absolute atomic E-state index is 0.00578. The number of nitro groups is 1. The van der Waals surface area contributed by atoms with Crippen molar-refractivity contribution >= 4 is 39.2 Å². The maximum Gasteiger partial charge on any atom is 0.272 e. The number of benzene rings is 2. The maximum absolute atomic E-state index is 12.4. The third-order valence-electron chi connectivity index (χ3n) is 4.22. The van der Waals surface area contributed by atoms with Crippen molar-refractivity contribution < 1.29 is 19.2 Å². The highest BCUT2D eigenvalue weighted by atomic mass is 32.1. The van der Waals surface area contributed by atoms with E-state index in [1.54, 1.807) is 24.3 Å². The monoisotopic (exact) mass is 409 g/mol. The number of ether oxygens (including phenoxy) is 2. The largest absolute Gasteiger partial charge is 0.454 e. The summed E-state index contributed by atoms with van der Waals surface area (Å²) in [7, 11) is 0. The van der Waals surface area contributed by atoms with Crippen molar-refractivity contribution in [3.8, 4) is 11.5 Å². The van der Waals surface area contributed by atoms with Crippen molar-refractivity contribution in [3.63, 3.8) is 0 Å². The molecule has 0 aliphatic carbocycles. The zero-order valence-corrected chi connectivity index (χ0v) is 15.9. The minimum atomic E-state index is -0.472. The number of hydrogen-bond donors (Lipinski definition) is 0. The lowest BCUT2D eigenvalue weighted by molar-refractivity contribution is -0.384. The van der Waals surface area contributed by atoms with E-state index in [1.165, 1.54) is 29.5 Å². The summed E-state index contributed by atoms with van der Waals surface area (Å²) in [5.41, 5.74) is 1.54. The normalized spacial score (nSPS) is 13.3. The van der Waals surface area contributed by atoms with Crippen molar-refractivity contribution in [3.05, 3.63) is 75.6 Å². The van der Waals surface area contributed by atoms with Crippen molar-refractivity contribution in [2.24, 2.45) is 4.99 Å². The molecule has 3 aromatic rings. The average Bonchev–Trinajstić information content (AvgIpc) is 3.29. The van der Waals surface area contributed by atoms with Crippen LogP contribution in [0.25, 0.3) is 16.3 Å². The van der Waals surface area contributed by atoms with E-state index in [-0.39, 0.29) is 12.5 Å². The number of nitrogens with zero attached hydrogens (tertiary/aromatic N) is 3. The number of thiazole rings is 1. The lowest BCUT2D eigenvalue weighted by Crippen LogP contribution is -2.15. The fraction of sp³-hybridized carbons (Fsp3) is 0.100. The summed E-state index contributed by atoms with van der Waals surface area (Å²) in [6.07, 6.45) is 4.62. The Hall–Kier alpha value is -3.72. The van der Waals surface area contributed by atoms with Crippen LogP contribution in [0.4, 0.5) is 5.69 Å². The lowest BCUT2D eigenvalue weighted by atomic mass is 10.2. The van der Waals surface area contributed by atoms with E-state index in [4.69, 9.17) is 9.47 Å². The molecule has 0 atom stereocenters. The van der Waals surface area contributed by atoms with Gasteiger partial charge in [-0.1, -0.05) is 17.4 Å². The summed E-state index contributed by atoms with van der Waals surface area (Å²) in [4.78, 5) is 27.3. The Kier molecular flexibility index (Phi) is 4.96. The van der Waals surface area contributed by atoms with Crippen LogP contribution in [-0.2, 0) is 11.3 Å². The summed E-state index contributed by atoms with van der Waals surface area (Å²) < 4.78 is 13.6. The SMILES string of the molecule is C=CCn1c(=NC(=O)C=Cc2ccc([N+](=O)[O-])cc2)sc2cc3c(cc21)OCO3. The molecule has 4 rings (SSSR count). The highest BCUT2D eigenvalue weighted by Crippen LogP contribution is 2.36. The van der Waals surface area contributed by atoms with Gasteiger partial charge in [0.05, 0.1) is 15.1 Å². The molecule has 1 aliphatic heterocycles. The molecule has 0 spiro atoms. The van der Waals surface area contributed by atoms with E-state index in [9.17, 15) is 14.9 Å². The number of nitro benzene ring substituents is 1. The number of amides is 1. The molecule has 29 heavy (non-hydrogen) atoms. The molecule has 1 amide bonds. The van der Waals surface area contributed by atoms with Crippen LogP contribution in [0.15, 0.2) is 60.1 Å². The molecular formula is C20H15N3O5S. The number of carbonyl (C=O) groups excluding carboxylic acids is 1. The topological polar surface area (TPSA) is 96.0 Å². The molecule has 0 saturated carbocycles. The van der Waals surface area contributed by atoms with Crippen LogP contribution < -0.4 is 14.3 Å². The van der Waals surface area contributed by atoms with Crippen LogP contribution in [-0.4, -0.2) is 22.2 Å². The summed E-state index contributed by atoms with van der Waals surface area (Å²) >= 11 is 1.37. The number of allylic oxidation sites excluding steroid dienone is 1. The summed E-state index contributed by atoms with van der Waals surface area (Å²) in [6.45, 7) is 4.45. The number of carbonyl (C=O) groups is 1. The molecule has 0 saturated heterocycles. The summed E-state index contributed by atoms with van der Waals surface area (Å²) in [5.74, 6) is 0.886. The second-order valence-electron chi connectivity index (χ2n) is 6.09. The predicted octanol–water partition coefficient (Wildman–Crippen LogP) is 3.67. The van der Waals surface area contributed by atoms with Gasteiger partial charge in [-0.15, -0.1) is 6.58 Å². The minimum Gasteiger partial charge on any atom is -0.454 e. The first-order valence-electron chi connectivity index (χ1n) is 8.60. The summed E-state index contributed by atoms with van der Waals surface area (Å²) in [6, 6.07) is 9.65. The van der Waals surface area contributed by atoms with Gasteiger partial charge >= 0.3 is 0 Å². The van der Waals surface area contributed by atoms with Gasteiger partial charge in [-0.25, -0.2) is 0 Å². The van der Waals surface area contributed by atoms with E-state index in [2.05, 4.69) is 11.6 Å². The predicted molar refractivity (Wildman–Crippen MR) is 109 cm³/mol. The first-order chi connectivity index (χ1) is 14.0. The Morgan fingerprint density at radius 3 is 2.69 bits per heavy atom. The Morgan fingerprint density at radius 1 is 1.28 bits per heavy atom. The lowest BCUT2D eigenvalue weighted by Gasteiger charge is -2.01. The summed E-state index contributed by atoms with van der Waals surface area (Å²) in [5, 5.41) is 10.7. The van der Waals surface area contributed by atoms with Crippen molar-refractivity contribution in [1.82, 2.24) is 4.57 Å². The highest BCUT2D eigenvalue weighted by Gasteiger charge is 2.17. The van der Waals surface area contributed by atoms with Crippen molar-refractivity contribution in [2.45, 2.75) is 6.54 Å². The Balaban J connectivity index is 1.65. The van der Waals surface area contributed by atoms with E-state index < -0.39 is 10.8 Å². The number of aromatic nitrogens is 1. The Morgan fingerprint density at radius 2 is 2.00 bits per heavy atom. The molecule has 0 radical (unpaired) electrons. The third kappa shape index (κ3) is 3.81. The molecule has 8 nitrogen and oxygen atoms in total. The number of non-ortho nitro benzene ring substituents is 1. The number of rotatable bonds is 5. The standard InChI is InChI=1S/C20H15N3O5S/c1-2-9-22-15-10-16-17(28-12-27-16)11-18(15)29-20(22)21-19(24)8-5-13-3-6-14(7-4-13)23(25)26/h2-8,10-11H,1,9,12H2. The van der Waals surface area contributed by atoms with E-state index >= 15 is 0 Å². The van der Waals surface area contributed by atoms with Gasteiger partial charge in [0.25, 0.3) is 11.6 Å². The third-order valence-corrected chi connectivity index (χ3v) is 5.26. The van der Waals surface area contributed by atoms with Crippen LogP contribution in [0.5, 0.6) is 11.5 Å². The first-order valence-corrected chi connectivity index (χ1v) is 9.42. The van der Waals surface area contributed by atoms with Gasteiger partial charge in [-0.2, -0.15) is 4.99 Å². The van der Waals surface area contributed by atoms with E-state index in [0.29, 0.717) is 28.4 Å². The van der Waals surface area contributed by atoms with Crippen LogP contribution in [0, 0.1) is 10.1 Å². The smallest absolute Gasteiger partial charge is 0.272 e. The molecule has 1 aromatic heterocycles. The number of fused-ring (bicyclic) bond motifs is 2. The second-order valence-corrected chi connectivity index (χ2v) is 7.10. The van der Waals surface area contributed by atoms with Crippen LogP contribution in [0.2, 0.25) is 0 Å². The van der Waals surface area contributed by atoms with Crippen LogP contribution >= 0.6 is 11.3 Å².